The highest BCUT2D eigenvalue weighted by Gasteiger charge is 2.23. The summed E-state index contributed by atoms with van der Waals surface area (Å²) in [6, 6.07) is 12.0. The highest BCUT2D eigenvalue weighted by molar-refractivity contribution is 14.0. The topological polar surface area (TPSA) is 69.1 Å². The second-order valence-electron chi connectivity index (χ2n) is 7.97. The quantitative estimate of drug-likeness (QED) is 0.336. The summed E-state index contributed by atoms with van der Waals surface area (Å²) in [7, 11) is 1.87. The van der Waals surface area contributed by atoms with Crippen molar-refractivity contribution < 1.29 is 4.74 Å². The number of hydrogen-bond donors (Lipinski definition) is 1. The number of ether oxygens (including phenoxy) is 1. The fourth-order valence-corrected chi connectivity index (χ4v) is 4.16. The summed E-state index contributed by atoms with van der Waals surface area (Å²) < 4.78 is 6.11. The van der Waals surface area contributed by atoms with Gasteiger partial charge in [-0.05, 0) is 18.2 Å². The molecule has 2 aromatic rings. The fraction of sp³-hybridized carbons (Fsp3) is 0.522. The third kappa shape index (κ3) is 6.93. The van der Waals surface area contributed by atoms with E-state index in [1.165, 1.54) is 0 Å². The average Bonchev–Trinajstić information content (AvgIpc) is 2.84. The molecule has 3 heterocycles. The van der Waals surface area contributed by atoms with Gasteiger partial charge in [-0.15, -0.1) is 24.0 Å². The monoisotopic (exact) mass is 551 g/mol. The molecule has 0 spiro atoms. The Morgan fingerprint density at radius 3 is 2.34 bits per heavy atom. The lowest BCUT2D eigenvalue weighted by atomic mass is 10.1. The van der Waals surface area contributed by atoms with E-state index in [-0.39, 0.29) is 30.1 Å². The number of anilines is 1. The second-order valence-corrected chi connectivity index (χ2v) is 7.97. The number of nitrogens with one attached hydrogen (secondary N) is 1. The molecular formula is C23H34IN7O. The maximum Gasteiger partial charge on any atom is 0.225 e. The highest BCUT2D eigenvalue weighted by Crippen LogP contribution is 2.18. The van der Waals surface area contributed by atoms with Crippen LogP contribution < -0.4 is 15.0 Å². The SMILES string of the molecule is CN=C(NCCN1CCN(c2ncccn2)CC1)N1CCC(Oc2ccccc2)CC1.I. The number of halogens is 1. The van der Waals surface area contributed by atoms with Crippen molar-refractivity contribution in [2.75, 3.05) is 64.3 Å². The summed E-state index contributed by atoms with van der Waals surface area (Å²) in [4.78, 5) is 20.3. The Morgan fingerprint density at radius 2 is 1.69 bits per heavy atom. The molecule has 0 radical (unpaired) electrons. The van der Waals surface area contributed by atoms with Gasteiger partial charge in [0.2, 0.25) is 5.95 Å². The molecule has 9 heteroatoms. The number of aromatic nitrogens is 2. The first-order chi connectivity index (χ1) is 15.3. The van der Waals surface area contributed by atoms with Crippen LogP contribution in [-0.2, 0) is 0 Å². The van der Waals surface area contributed by atoms with Gasteiger partial charge in [0.25, 0.3) is 0 Å². The van der Waals surface area contributed by atoms with Gasteiger partial charge in [-0.1, -0.05) is 18.2 Å². The molecule has 4 rings (SSSR count). The van der Waals surface area contributed by atoms with Crippen LogP contribution in [0.25, 0.3) is 0 Å². The van der Waals surface area contributed by atoms with Gasteiger partial charge in [0, 0.05) is 84.6 Å². The van der Waals surface area contributed by atoms with E-state index in [4.69, 9.17) is 4.74 Å². The number of likely N-dealkylation sites (tertiary alicyclic amines) is 1. The predicted octanol–water partition coefficient (Wildman–Crippen LogP) is 2.34. The number of para-hydroxylation sites is 1. The van der Waals surface area contributed by atoms with Crippen molar-refractivity contribution in [3.05, 3.63) is 48.8 Å². The van der Waals surface area contributed by atoms with Crippen LogP contribution >= 0.6 is 24.0 Å². The molecule has 0 amide bonds. The maximum absolute atomic E-state index is 6.11. The van der Waals surface area contributed by atoms with Gasteiger partial charge in [0.05, 0.1) is 0 Å². The summed E-state index contributed by atoms with van der Waals surface area (Å²) >= 11 is 0. The highest BCUT2D eigenvalue weighted by atomic mass is 127. The Labute approximate surface area is 208 Å². The standard InChI is InChI=1S/C23H33N7O.HI/c1-24-22(29-13-8-21(9-14-29)31-20-6-3-2-4-7-20)27-12-15-28-16-18-30(19-17-28)23-25-10-5-11-26-23;/h2-7,10-11,21H,8-9,12-19H2,1H3,(H,24,27);1H. The van der Waals surface area contributed by atoms with E-state index in [2.05, 4.69) is 35.0 Å². The molecule has 174 valence electrons. The number of hydrogen-bond acceptors (Lipinski definition) is 6. The number of rotatable bonds is 6. The molecule has 0 atom stereocenters. The summed E-state index contributed by atoms with van der Waals surface area (Å²) in [6.45, 7) is 7.83. The molecule has 0 bridgehead atoms. The number of guanidine groups is 1. The van der Waals surface area contributed by atoms with Gasteiger partial charge >= 0.3 is 0 Å². The Hall–Kier alpha value is -2.14. The van der Waals surface area contributed by atoms with Crippen LogP contribution in [0.4, 0.5) is 5.95 Å². The molecule has 1 N–H and O–H groups in total. The number of benzene rings is 1. The summed E-state index contributed by atoms with van der Waals surface area (Å²) in [5.41, 5.74) is 0. The van der Waals surface area contributed by atoms with Crippen LogP contribution in [0.5, 0.6) is 5.75 Å². The molecule has 1 aromatic carbocycles. The van der Waals surface area contributed by atoms with E-state index in [9.17, 15) is 0 Å². The van der Waals surface area contributed by atoms with E-state index >= 15 is 0 Å². The van der Waals surface area contributed by atoms with Crippen molar-refractivity contribution in [3.63, 3.8) is 0 Å². The molecule has 0 saturated carbocycles. The minimum atomic E-state index is 0. The number of nitrogens with zero attached hydrogens (tertiary/aromatic N) is 6. The first kappa shape index (κ1) is 24.5. The van der Waals surface area contributed by atoms with E-state index in [0.29, 0.717) is 0 Å². The van der Waals surface area contributed by atoms with Gasteiger partial charge in [-0.2, -0.15) is 0 Å². The summed E-state index contributed by atoms with van der Waals surface area (Å²) in [6.07, 6.45) is 5.92. The molecule has 2 aliphatic rings. The first-order valence-electron chi connectivity index (χ1n) is 11.2. The maximum atomic E-state index is 6.11. The van der Waals surface area contributed by atoms with Crippen molar-refractivity contribution in [2.45, 2.75) is 18.9 Å². The molecule has 2 saturated heterocycles. The molecular weight excluding hydrogens is 517 g/mol. The van der Waals surface area contributed by atoms with Crippen molar-refractivity contribution >= 4 is 35.9 Å². The van der Waals surface area contributed by atoms with Crippen LogP contribution in [0.15, 0.2) is 53.8 Å². The molecule has 2 aliphatic heterocycles. The van der Waals surface area contributed by atoms with Crippen LogP contribution in [0.1, 0.15) is 12.8 Å². The molecule has 32 heavy (non-hydrogen) atoms. The predicted molar refractivity (Wildman–Crippen MR) is 139 cm³/mol. The van der Waals surface area contributed by atoms with Crippen molar-refractivity contribution in [2.24, 2.45) is 4.99 Å². The minimum Gasteiger partial charge on any atom is -0.490 e. The Kier molecular flexibility index (Phi) is 9.79. The van der Waals surface area contributed by atoms with Crippen LogP contribution in [0, 0.1) is 0 Å². The first-order valence-corrected chi connectivity index (χ1v) is 11.2. The van der Waals surface area contributed by atoms with Gasteiger partial charge < -0.3 is 19.9 Å². The Balaban J connectivity index is 0.00000289. The Bertz CT molecular complexity index is 808. The van der Waals surface area contributed by atoms with Crippen LogP contribution in [-0.4, -0.2) is 91.2 Å². The van der Waals surface area contributed by atoms with Gasteiger partial charge in [0.15, 0.2) is 5.96 Å². The minimum absolute atomic E-state index is 0. The third-order valence-corrected chi connectivity index (χ3v) is 5.92. The lowest BCUT2D eigenvalue weighted by Gasteiger charge is -2.36. The number of piperazine rings is 1. The largest absolute Gasteiger partial charge is 0.490 e. The lowest BCUT2D eigenvalue weighted by Crippen LogP contribution is -2.51. The Morgan fingerprint density at radius 1 is 1.00 bits per heavy atom. The van der Waals surface area contributed by atoms with E-state index < -0.39 is 0 Å². The van der Waals surface area contributed by atoms with E-state index in [1.54, 1.807) is 12.4 Å². The third-order valence-electron chi connectivity index (χ3n) is 5.92. The van der Waals surface area contributed by atoms with E-state index in [0.717, 1.165) is 82.9 Å². The van der Waals surface area contributed by atoms with Gasteiger partial charge in [0.1, 0.15) is 11.9 Å². The van der Waals surface area contributed by atoms with Crippen molar-refractivity contribution in [1.29, 1.82) is 0 Å². The van der Waals surface area contributed by atoms with Crippen LogP contribution in [0.3, 0.4) is 0 Å². The van der Waals surface area contributed by atoms with Gasteiger partial charge in [-0.3, -0.25) is 9.89 Å². The molecule has 0 aliphatic carbocycles. The zero-order valence-electron chi connectivity index (χ0n) is 18.8. The smallest absolute Gasteiger partial charge is 0.225 e. The van der Waals surface area contributed by atoms with Crippen molar-refractivity contribution in [1.82, 2.24) is 25.1 Å². The zero-order valence-corrected chi connectivity index (χ0v) is 21.1. The normalized spacial score (nSPS) is 18.2. The number of aliphatic imine (C=N–C) groups is 1. The molecule has 2 fully saturated rings. The van der Waals surface area contributed by atoms with E-state index in [1.807, 2.05) is 43.4 Å². The second kappa shape index (κ2) is 12.8. The summed E-state index contributed by atoms with van der Waals surface area (Å²) in [5, 5.41) is 3.55. The average molecular weight is 551 g/mol. The zero-order chi connectivity index (χ0) is 21.3. The number of piperidine rings is 1. The van der Waals surface area contributed by atoms with Crippen LogP contribution in [0.2, 0.25) is 0 Å². The molecule has 8 nitrogen and oxygen atoms in total. The van der Waals surface area contributed by atoms with Crippen molar-refractivity contribution in [3.8, 4) is 5.75 Å². The summed E-state index contributed by atoms with van der Waals surface area (Å²) in [5.74, 6) is 2.79. The lowest BCUT2D eigenvalue weighted by molar-refractivity contribution is 0.129. The van der Waals surface area contributed by atoms with Gasteiger partial charge in [-0.25, -0.2) is 9.97 Å². The molecule has 0 unspecified atom stereocenters. The fourth-order valence-electron chi connectivity index (χ4n) is 4.16. The molecule has 1 aromatic heterocycles.